The van der Waals surface area contributed by atoms with E-state index in [0.717, 1.165) is 13.1 Å². The number of nitrogens with zero attached hydrogens (tertiary/aromatic N) is 1. The molecule has 0 aliphatic rings. The number of hydrogen-bond acceptors (Lipinski definition) is 3. The average molecular weight is 305 g/mol. The van der Waals surface area contributed by atoms with Crippen LogP contribution >= 0.6 is 27.3 Å². The summed E-state index contributed by atoms with van der Waals surface area (Å²) in [6, 6.07) is 2.20. The van der Waals surface area contributed by atoms with Crippen LogP contribution in [0.4, 0.5) is 0 Å². The zero-order chi connectivity index (χ0) is 11.8. The predicted octanol–water partition coefficient (Wildman–Crippen LogP) is 3.46. The number of hydrogen-bond donors (Lipinski definition) is 1. The molecule has 0 radical (unpaired) electrons. The third-order valence-electron chi connectivity index (χ3n) is 2.57. The van der Waals surface area contributed by atoms with Crippen molar-refractivity contribution in [2.75, 3.05) is 20.1 Å². The van der Waals surface area contributed by atoms with Gasteiger partial charge >= 0.3 is 0 Å². The first kappa shape index (κ1) is 14.2. The van der Waals surface area contributed by atoms with E-state index in [1.807, 2.05) is 0 Å². The first-order valence-electron chi connectivity index (χ1n) is 5.84. The maximum Gasteiger partial charge on any atom is 0.0701 e. The Balaban J connectivity index is 2.09. The van der Waals surface area contributed by atoms with Gasteiger partial charge in [0.2, 0.25) is 0 Å². The lowest BCUT2D eigenvalue weighted by Crippen LogP contribution is -2.18. The van der Waals surface area contributed by atoms with Gasteiger partial charge in [-0.1, -0.05) is 12.8 Å². The summed E-state index contributed by atoms with van der Waals surface area (Å²) >= 11 is 5.25. The van der Waals surface area contributed by atoms with Crippen LogP contribution in [-0.2, 0) is 6.54 Å². The summed E-state index contributed by atoms with van der Waals surface area (Å²) in [4.78, 5) is 2.39. The molecule has 1 heterocycles. The lowest BCUT2D eigenvalue weighted by Gasteiger charge is -2.15. The van der Waals surface area contributed by atoms with Crippen LogP contribution in [0.2, 0.25) is 0 Å². The average Bonchev–Trinajstić information content (AvgIpc) is 2.63. The largest absolute Gasteiger partial charge is 0.330 e. The molecule has 0 saturated heterocycles. The van der Waals surface area contributed by atoms with Gasteiger partial charge in [-0.3, -0.25) is 0 Å². The third-order valence-corrected chi connectivity index (χ3v) is 4.12. The summed E-state index contributed by atoms with van der Waals surface area (Å²) < 4.78 is 1.22. The molecule has 2 N–H and O–H groups in total. The van der Waals surface area contributed by atoms with E-state index in [1.54, 1.807) is 11.3 Å². The molecule has 16 heavy (non-hydrogen) atoms. The van der Waals surface area contributed by atoms with Gasteiger partial charge in [0.15, 0.2) is 0 Å². The smallest absolute Gasteiger partial charge is 0.0701 e. The highest BCUT2D eigenvalue weighted by molar-refractivity contribution is 9.11. The van der Waals surface area contributed by atoms with Crippen LogP contribution in [0.25, 0.3) is 0 Å². The van der Waals surface area contributed by atoms with Crippen molar-refractivity contribution in [2.45, 2.75) is 32.2 Å². The molecule has 4 heteroatoms. The maximum atomic E-state index is 5.46. The van der Waals surface area contributed by atoms with Crippen LogP contribution in [0, 0.1) is 0 Å². The minimum absolute atomic E-state index is 0.832. The van der Waals surface area contributed by atoms with Crippen LogP contribution in [0.1, 0.15) is 31.2 Å². The molecule has 0 aromatic carbocycles. The number of rotatable bonds is 8. The van der Waals surface area contributed by atoms with Crippen molar-refractivity contribution in [1.82, 2.24) is 4.90 Å². The molecule has 0 bridgehead atoms. The molecule has 0 aliphatic heterocycles. The van der Waals surface area contributed by atoms with E-state index >= 15 is 0 Å². The molecule has 0 fully saturated rings. The second-order valence-corrected chi connectivity index (χ2v) is 6.49. The first-order chi connectivity index (χ1) is 7.72. The predicted molar refractivity (Wildman–Crippen MR) is 75.9 cm³/mol. The minimum atomic E-state index is 0.832. The number of unbranched alkanes of at least 4 members (excludes halogenated alkanes) is 3. The van der Waals surface area contributed by atoms with Crippen molar-refractivity contribution in [1.29, 1.82) is 0 Å². The molecule has 2 nitrogen and oxygen atoms in total. The fourth-order valence-electron chi connectivity index (χ4n) is 1.70. The summed E-state index contributed by atoms with van der Waals surface area (Å²) in [6.07, 6.45) is 5.02. The molecular weight excluding hydrogens is 284 g/mol. The first-order valence-corrected chi connectivity index (χ1v) is 7.51. The molecule has 0 aliphatic carbocycles. The Hall–Kier alpha value is 0.100. The van der Waals surface area contributed by atoms with Gasteiger partial charge in [-0.25, -0.2) is 0 Å². The normalized spacial score (nSPS) is 11.2. The molecule has 92 valence electrons. The zero-order valence-corrected chi connectivity index (χ0v) is 12.3. The highest BCUT2D eigenvalue weighted by Crippen LogP contribution is 2.21. The van der Waals surface area contributed by atoms with Crippen molar-refractivity contribution in [3.05, 3.63) is 20.8 Å². The standard InChI is InChI=1S/C12H21BrN2S/c1-15(7-5-3-2-4-6-14)9-11-8-12(13)16-10-11/h8,10H,2-7,9,14H2,1H3. The Morgan fingerprint density at radius 1 is 1.31 bits per heavy atom. The van der Waals surface area contributed by atoms with Gasteiger partial charge in [0.05, 0.1) is 3.79 Å². The second kappa shape index (κ2) is 8.23. The van der Waals surface area contributed by atoms with Crippen molar-refractivity contribution >= 4 is 27.3 Å². The monoisotopic (exact) mass is 304 g/mol. The van der Waals surface area contributed by atoms with Crippen molar-refractivity contribution in [2.24, 2.45) is 5.73 Å². The van der Waals surface area contributed by atoms with Gasteiger partial charge in [0, 0.05) is 6.54 Å². The quantitative estimate of drug-likeness (QED) is 0.745. The lowest BCUT2D eigenvalue weighted by atomic mass is 10.2. The topological polar surface area (TPSA) is 29.3 Å². The third kappa shape index (κ3) is 5.99. The molecular formula is C12H21BrN2S. The SMILES string of the molecule is CN(CCCCCCN)Cc1csc(Br)c1. The molecule has 0 spiro atoms. The van der Waals surface area contributed by atoms with Gasteiger partial charge in [-0.2, -0.15) is 0 Å². The molecule has 1 aromatic heterocycles. The number of thiophene rings is 1. The van der Waals surface area contributed by atoms with E-state index in [2.05, 4.69) is 39.3 Å². The summed E-state index contributed by atoms with van der Waals surface area (Å²) in [7, 11) is 2.19. The van der Waals surface area contributed by atoms with E-state index in [-0.39, 0.29) is 0 Å². The molecule has 0 atom stereocenters. The second-order valence-electron chi connectivity index (χ2n) is 4.20. The zero-order valence-electron chi connectivity index (χ0n) is 9.92. The van der Waals surface area contributed by atoms with Crippen molar-refractivity contribution in [3.63, 3.8) is 0 Å². The Bertz CT molecular complexity index is 288. The lowest BCUT2D eigenvalue weighted by molar-refractivity contribution is 0.317. The summed E-state index contributed by atoms with van der Waals surface area (Å²) in [5.41, 5.74) is 6.87. The van der Waals surface area contributed by atoms with E-state index in [9.17, 15) is 0 Å². The Morgan fingerprint density at radius 2 is 2.06 bits per heavy atom. The van der Waals surface area contributed by atoms with Crippen LogP contribution < -0.4 is 5.73 Å². The highest BCUT2D eigenvalue weighted by atomic mass is 79.9. The fraction of sp³-hybridized carbons (Fsp3) is 0.667. The van der Waals surface area contributed by atoms with Crippen LogP contribution in [-0.4, -0.2) is 25.0 Å². The van der Waals surface area contributed by atoms with Gasteiger partial charge in [-0.05, 0) is 65.9 Å². The highest BCUT2D eigenvalue weighted by Gasteiger charge is 2.02. The van der Waals surface area contributed by atoms with E-state index in [1.165, 1.54) is 41.6 Å². The minimum Gasteiger partial charge on any atom is -0.330 e. The Labute approximate surface area is 111 Å². The van der Waals surface area contributed by atoms with Crippen LogP contribution in [0.15, 0.2) is 15.2 Å². The van der Waals surface area contributed by atoms with Crippen LogP contribution in [0.5, 0.6) is 0 Å². The van der Waals surface area contributed by atoms with E-state index in [4.69, 9.17) is 5.73 Å². The summed E-state index contributed by atoms with van der Waals surface area (Å²) in [6.45, 7) is 3.07. The molecule has 1 rings (SSSR count). The maximum absolute atomic E-state index is 5.46. The Kier molecular flexibility index (Phi) is 7.28. The number of nitrogens with two attached hydrogens (primary N) is 1. The van der Waals surface area contributed by atoms with Gasteiger partial charge in [0.1, 0.15) is 0 Å². The molecule has 0 unspecified atom stereocenters. The van der Waals surface area contributed by atoms with Crippen LogP contribution in [0.3, 0.4) is 0 Å². The van der Waals surface area contributed by atoms with E-state index < -0.39 is 0 Å². The Morgan fingerprint density at radius 3 is 2.69 bits per heavy atom. The fourth-order valence-corrected chi connectivity index (χ4v) is 2.90. The number of halogens is 1. The molecule has 0 saturated carbocycles. The van der Waals surface area contributed by atoms with Gasteiger partial charge < -0.3 is 10.6 Å². The van der Waals surface area contributed by atoms with E-state index in [0.29, 0.717) is 0 Å². The summed E-state index contributed by atoms with van der Waals surface area (Å²) in [5, 5.41) is 2.22. The molecule has 1 aromatic rings. The molecule has 0 amide bonds. The van der Waals surface area contributed by atoms with Gasteiger partial charge in [-0.15, -0.1) is 11.3 Å². The summed E-state index contributed by atoms with van der Waals surface area (Å²) in [5.74, 6) is 0. The van der Waals surface area contributed by atoms with Gasteiger partial charge in [0.25, 0.3) is 0 Å². The van der Waals surface area contributed by atoms with Crippen molar-refractivity contribution in [3.8, 4) is 0 Å². The van der Waals surface area contributed by atoms with Crippen molar-refractivity contribution < 1.29 is 0 Å².